The molecule has 12 nitrogen and oxygen atoms in total. The van der Waals surface area contributed by atoms with Gasteiger partial charge in [0.1, 0.15) is 23.6 Å². The molecule has 0 saturated heterocycles. The minimum Gasteiger partial charge on any atom is -0.493 e. The van der Waals surface area contributed by atoms with Gasteiger partial charge in [0.15, 0.2) is 11.5 Å². The number of hydrogen-bond donors (Lipinski definition) is 4. The van der Waals surface area contributed by atoms with Gasteiger partial charge in [0.05, 0.1) is 17.6 Å². The van der Waals surface area contributed by atoms with E-state index in [0.29, 0.717) is 11.1 Å². The van der Waals surface area contributed by atoms with E-state index < -0.39 is 44.9 Å². The van der Waals surface area contributed by atoms with Crippen LogP contribution in [0, 0.1) is 17.0 Å². The van der Waals surface area contributed by atoms with Crippen molar-refractivity contribution < 1.29 is 34.2 Å². The smallest absolute Gasteiger partial charge is 0.342 e. The summed E-state index contributed by atoms with van der Waals surface area (Å²) in [5, 5.41) is 30.4. The zero-order valence-corrected chi connectivity index (χ0v) is 17.9. The highest BCUT2D eigenvalue weighted by molar-refractivity contribution is 6.07. The average Bonchev–Trinajstić information content (AvgIpc) is 2.76. The molecule has 34 heavy (non-hydrogen) atoms. The third-order valence-corrected chi connectivity index (χ3v) is 4.95. The Morgan fingerprint density at radius 2 is 1.76 bits per heavy atom. The van der Waals surface area contributed by atoms with Gasteiger partial charge in [0.25, 0.3) is 11.2 Å². The molecular weight excluding hydrogens is 450 g/mol. The van der Waals surface area contributed by atoms with Crippen LogP contribution < -0.4 is 20.8 Å². The average molecular weight is 469 g/mol. The van der Waals surface area contributed by atoms with E-state index in [2.05, 4.69) is 0 Å². The number of nitrogens with one attached hydrogen (secondary N) is 1. The fraction of sp³-hybridized carbons (Fsp3) is 0.136. The second-order valence-electron chi connectivity index (χ2n) is 7.15. The first-order chi connectivity index (χ1) is 16.0. The van der Waals surface area contributed by atoms with E-state index in [1.807, 2.05) is 4.98 Å². The molecule has 0 amide bonds. The molecule has 0 atom stereocenters. The van der Waals surface area contributed by atoms with E-state index in [4.69, 9.17) is 15.2 Å². The third-order valence-electron chi connectivity index (χ3n) is 4.95. The van der Waals surface area contributed by atoms with Gasteiger partial charge in [-0.15, -0.1) is 0 Å². The molecule has 5 N–H and O–H groups in total. The number of carbonyl (C=O) groups is 2. The lowest BCUT2D eigenvalue weighted by molar-refractivity contribution is -0.385. The summed E-state index contributed by atoms with van der Waals surface area (Å²) in [7, 11) is 1.29. The number of ether oxygens (including phenoxy) is 2. The summed E-state index contributed by atoms with van der Waals surface area (Å²) in [4.78, 5) is 48.6. The predicted octanol–water partition coefficient (Wildman–Crippen LogP) is 2.82. The molecule has 12 heteroatoms. The standard InChI is InChI=1S/C22H19N3O9/c1-10-3-4-12(13(7-10)25(31)32)9-34-14-6-5-11(8-15(14)33-2)16-17(21(27)28)19(23)24-20(26)18(16)22(29)30/h3-8H,9H2,1-2H3,(H,27,28)(H,29,30)(H3,23,24,26). The number of rotatable bonds is 8. The number of anilines is 1. The number of nitrogen functional groups attached to an aromatic ring is 1. The van der Waals surface area contributed by atoms with Crippen LogP contribution in [0.1, 0.15) is 31.8 Å². The van der Waals surface area contributed by atoms with Crippen molar-refractivity contribution in [1.29, 1.82) is 0 Å². The number of nitrogens with two attached hydrogens (primary N) is 1. The Hall–Kier alpha value is -4.87. The molecule has 0 bridgehead atoms. The van der Waals surface area contributed by atoms with Crippen molar-refractivity contribution in [2.24, 2.45) is 0 Å². The summed E-state index contributed by atoms with van der Waals surface area (Å²) in [5.41, 5.74) is 3.70. The SMILES string of the molecule is COc1cc(-c2c(C(=O)O)c(N)[nH]c(=O)c2C(=O)O)ccc1OCc1ccc(C)cc1[N+](=O)[O-]. The van der Waals surface area contributed by atoms with Crippen LogP contribution in [0.2, 0.25) is 0 Å². The van der Waals surface area contributed by atoms with Crippen molar-refractivity contribution in [3.05, 3.63) is 79.1 Å². The van der Waals surface area contributed by atoms with Gasteiger partial charge in [-0.25, -0.2) is 9.59 Å². The number of hydrogen-bond acceptors (Lipinski definition) is 8. The number of nitro groups is 1. The Bertz CT molecular complexity index is 1380. The largest absolute Gasteiger partial charge is 0.493 e. The number of benzene rings is 2. The second kappa shape index (κ2) is 9.32. The van der Waals surface area contributed by atoms with Crippen molar-refractivity contribution in [2.75, 3.05) is 12.8 Å². The molecule has 0 fully saturated rings. The lowest BCUT2D eigenvalue weighted by Crippen LogP contribution is -2.24. The number of aromatic carboxylic acids is 2. The summed E-state index contributed by atoms with van der Waals surface area (Å²) in [6.07, 6.45) is 0. The maximum atomic E-state index is 12.2. The number of H-pyrrole nitrogens is 1. The van der Waals surface area contributed by atoms with Crippen LogP contribution >= 0.6 is 0 Å². The molecule has 176 valence electrons. The van der Waals surface area contributed by atoms with E-state index in [1.54, 1.807) is 19.1 Å². The topological polar surface area (TPSA) is 195 Å². The maximum Gasteiger partial charge on any atom is 0.342 e. The monoisotopic (exact) mass is 469 g/mol. The minimum absolute atomic E-state index is 0.0260. The first-order valence-electron chi connectivity index (χ1n) is 9.62. The molecule has 1 aromatic heterocycles. The number of aromatic amines is 1. The van der Waals surface area contributed by atoms with Crippen LogP contribution in [-0.2, 0) is 6.61 Å². The van der Waals surface area contributed by atoms with Gasteiger partial charge in [0, 0.05) is 11.6 Å². The highest BCUT2D eigenvalue weighted by atomic mass is 16.6. The molecule has 0 unspecified atom stereocenters. The molecule has 0 saturated carbocycles. The zero-order chi connectivity index (χ0) is 25.2. The van der Waals surface area contributed by atoms with Crippen molar-refractivity contribution >= 4 is 23.4 Å². The number of methoxy groups -OCH3 is 1. The maximum absolute atomic E-state index is 12.2. The summed E-state index contributed by atoms with van der Waals surface area (Å²) in [6.45, 7) is 1.54. The van der Waals surface area contributed by atoms with Crippen molar-refractivity contribution in [1.82, 2.24) is 4.98 Å². The van der Waals surface area contributed by atoms with Gasteiger partial charge in [-0.05, 0) is 36.2 Å². The molecule has 3 rings (SSSR count). The molecule has 0 spiro atoms. The van der Waals surface area contributed by atoms with Gasteiger partial charge < -0.3 is 30.4 Å². The van der Waals surface area contributed by atoms with Crippen LogP contribution in [0.3, 0.4) is 0 Å². The number of carboxylic acid groups (broad SMARTS) is 2. The van der Waals surface area contributed by atoms with Crippen molar-refractivity contribution in [3.63, 3.8) is 0 Å². The number of aromatic nitrogens is 1. The predicted molar refractivity (Wildman–Crippen MR) is 120 cm³/mol. The molecule has 3 aromatic rings. The zero-order valence-electron chi connectivity index (χ0n) is 17.9. The van der Waals surface area contributed by atoms with E-state index in [-0.39, 0.29) is 29.4 Å². The van der Waals surface area contributed by atoms with Gasteiger partial charge in [-0.1, -0.05) is 12.1 Å². The van der Waals surface area contributed by atoms with Gasteiger partial charge >= 0.3 is 11.9 Å². The Balaban J connectivity index is 2.08. The molecular formula is C22H19N3O9. The molecule has 0 aliphatic heterocycles. The Morgan fingerprint density at radius 3 is 2.35 bits per heavy atom. The van der Waals surface area contributed by atoms with E-state index in [0.717, 1.165) is 0 Å². The third kappa shape index (κ3) is 4.50. The number of pyridine rings is 1. The van der Waals surface area contributed by atoms with Gasteiger partial charge in [-0.2, -0.15) is 0 Å². The fourth-order valence-corrected chi connectivity index (χ4v) is 3.40. The van der Waals surface area contributed by atoms with Crippen LogP contribution in [0.15, 0.2) is 41.2 Å². The first kappa shape index (κ1) is 23.8. The normalized spacial score (nSPS) is 10.5. The molecule has 0 radical (unpaired) electrons. The number of aryl methyl sites for hydroxylation is 1. The Labute approximate surface area is 191 Å². The summed E-state index contributed by atoms with van der Waals surface area (Å²) in [5.74, 6) is -3.49. The second-order valence-corrected chi connectivity index (χ2v) is 7.15. The Kier molecular flexibility index (Phi) is 6.52. The first-order valence-corrected chi connectivity index (χ1v) is 9.62. The van der Waals surface area contributed by atoms with E-state index in [1.165, 1.54) is 31.4 Å². The fourth-order valence-electron chi connectivity index (χ4n) is 3.40. The molecule has 0 aliphatic carbocycles. The van der Waals surface area contributed by atoms with Gasteiger partial charge in [0.2, 0.25) is 0 Å². The molecule has 0 aliphatic rings. The van der Waals surface area contributed by atoms with Crippen molar-refractivity contribution in [3.8, 4) is 22.6 Å². The number of carboxylic acids is 2. The van der Waals surface area contributed by atoms with E-state index in [9.17, 15) is 34.7 Å². The van der Waals surface area contributed by atoms with Crippen molar-refractivity contribution in [2.45, 2.75) is 13.5 Å². The molecule has 2 aromatic carbocycles. The summed E-state index contributed by atoms with van der Waals surface area (Å²) >= 11 is 0. The number of nitrogens with zero attached hydrogens (tertiary/aromatic N) is 1. The quantitative estimate of drug-likeness (QED) is 0.281. The van der Waals surface area contributed by atoms with Gasteiger partial charge in [-0.3, -0.25) is 14.9 Å². The summed E-state index contributed by atoms with van der Waals surface area (Å²) in [6, 6.07) is 8.65. The lowest BCUT2D eigenvalue weighted by atomic mass is 9.95. The van der Waals surface area contributed by atoms with Crippen LogP contribution in [0.4, 0.5) is 11.5 Å². The summed E-state index contributed by atoms with van der Waals surface area (Å²) < 4.78 is 11.0. The lowest BCUT2D eigenvalue weighted by Gasteiger charge is -2.15. The highest BCUT2D eigenvalue weighted by Gasteiger charge is 2.27. The van der Waals surface area contributed by atoms with Crippen LogP contribution in [-0.4, -0.2) is 39.2 Å². The Morgan fingerprint density at radius 1 is 1.09 bits per heavy atom. The number of nitro benzene ring substituents is 1. The van der Waals surface area contributed by atoms with Crippen LogP contribution in [0.25, 0.3) is 11.1 Å². The molecule has 1 heterocycles. The van der Waals surface area contributed by atoms with Crippen LogP contribution in [0.5, 0.6) is 11.5 Å². The van der Waals surface area contributed by atoms with E-state index >= 15 is 0 Å². The minimum atomic E-state index is -1.65. The highest BCUT2D eigenvalue weighted by Crippen LogP contribution is 2.36.